The van der Waals surface area contributed by atoms with Crippen molar-refractivity contribution in [2.75, 3.05) is 5.32 Å². The minimum absolute atomic E-state index is 0.273. The van der Waals surface area contributed by atoms with Crippen LogP contribution in [0.5, 0.6) is 0 Å². The number of nitrogens with zero attached hydrogens (tertiary/aromatic N) is 3. The summed E-state index contributed by atoms with van der Waals surface area (Å²) >= 11 is 5.86. The van der Waals surface area contributed by atoms with Crippen LogP contribution >= 0.6 is 11.6 Å². The smallest absolute Gasteiger partial charge is 0.276 e. The topological polar surface area (TPSA) is 88.7 Å². The van der Waals surface area contributed by atoms with E-state index < -0.39 is 0 Å². The van der Waals surface area contributed by atoms with E-state index in [-0.39, 0.29) is 11.6 Å². The van der Waals surface area contributed by atoms with Gasteiger partial charge in [-0.1, -0.05) is 11.6 Å². The average molecular weight is 354 g/mol. The Morgan fingerprint density at radius 3 is 2.76 bits per heavy atom. The van der Waals surface area contributed by atoms with Crippen molar-refractivity contribution in [1.82, 2.24) is 20.0 Å². The average Bonchev–Trinajstić information content (AvgIpc) is 3.36. The second-order valence-corrected chi connectivity index (χ2v) is 5.68. The summed E-state index contributed by atoms with van der Waals surface area (Å²) in [6.45, 7) is 0. The van der Waals surface area contributed by atoms with Gasteiger partial charge >= 0.3 is 0 Å². The van der Waals surface area contributed by atoms with Crippen molar-refractivity contribution in [3.8, 4) is 17.1 Å². The van der Waals surface area contributed by atoms with Gasteiger partial charge in [-0.15, -0.1) is 0 Å². The number of halogens is 1. The van der Waals surface area contributed by atoms with Gasteiger partial charge in [0.1, 0.15) is 5.69 Å². The molecule has 0 radical (unpaired) electrons. The van der Waals surface area contributed by atoms with Crippen molar-refractivity contribution in [3.63, 3.8) is 0 Å². The first-order valence-corrected chi connectivity index (χ1v) is 7.78. The molecule has 124 valence electrons. The van der Waals surface area contributed by atoms with Gasteiger partial charge in [-0.3, -0.25) is 9.89 Å². The van der Waals surface area contributed by atoms with Crippen LogP contribution in [0.15, 0.2) is 65.5 Å². The van der Waals surface area contributed by atoms with E-state index in [4.69, 9.17) is 16.0 Å². The van der Waals surface area contributed by atoms with E-state index in [1.807, 2.05) is 12.1 Å². The first-order valence-electron chi connectivity index (χ1n) is 7.40. The molecule has 7 nitrogen and oxygen atoms in total. The molecule has 1 amide bonds. The Morgan fingerprint density at radius 2 is 2.08 bits per heavy atom. The molecule has 3 aromatic heterocycles. The first-order chi connectivity index (χ1) is 12.2. The molecule has 0 saturated carbocycles. The van der Waals surface area contributed by atoms with Gasteiger partial charge in [0, 0.05) is 18.0 Å². The van der Waals surface area contributed by atoms with Gasteiger partial charge in [-0.2, -0.15) is 10.2 Å². The van der Waals surface area contributed by atoms with Gasteiger partial charge in [0.05, 0.1) is 23.2 Å². The summed E-state index contributed by atoms with van der Waals surface area (Å²) in [4.78, 5) is 12.3. The van der Waals surface area contributed by atoms with Crippen LogP contribution in [-0.2, 0) is 0 Å². The van der Waals surface area contributed by atoms with Gasteiger partial charge in [0.2, 0.25) is 0 Å². The van der Waals surface area contributed by atoms with Crippen molar-refractivity contribution >= 4 is 23.2 Å². The zero-order chi connectivity index (χ0) is 17.2. The lowest BCUT2D eigenvalue weighted by atomic mass is 10.2. The molecular weight excluding hydrogens is 342 g/mol. The van der Waals surface area contributed by atoms with Crippen molar-refractivity contribution in [2.24, 2.45) is 0 Å². The maximum atomic E-state index is 12.3. The van der Waals surface area contributed by atoms with Crippen molar-refractivity contribution in [1.29, 1.82) is 0 Å². The van der Waals surface area contributed by atoms with Crippen LogP contribution < -0.4 is 5.32 Å². The molecule has 0 aliphatic carbocycles. The number of furan rings is 1. The molecule has 0 spiro atoms. The fourth-order valence-corrected chi connectivity index (χ4v) is 2.47. The van der Waals surface area contributed by atoms with Crippen molar-refractivity contribution < 1.29 is 9.21 Å². The SMILES string of the molecule is O=C(Nc1ccc(-n2cc(Cl)cn2)cc1)c1cc(-c2ccco2)[nH]n1. The summed E-state index contributed by atoms with van der Waals surface area (Å²) < 4.78 is 6.92. The Balaban J connectivity index is 1.47. The number of amides is 1. The van der Waals surface area contributed by atoms with Crippen LogP contribution in [0.2, 0.25) is 5.02 Å². The van der Waals surface area contributed by atoms with E-state index in [0.717, 1.165) is 5.69 Å². The van der Waals surface area contributed by atoms with Gasteiger partial charge in [-0.05, 0) is 36.4 Å². The molecule has 0 fully saturated rings. The number of carbonyl (C=O) groups excluding carboxylic acids is 1. The van der Waals surface area contributed by atoms with Crippen LogP contribution in [-0.4, -0.2) is 25.9 Å². The molecule has 4 aromatic rings. The van der Waals surface area contributed by atoms with E-state index in [0.29, 0.717) is 22.2 Å². The first kappa shape index (κ1) is 15.2. The summed E-state index contributed by atoms with van der Waals surface area (Å²) in [5.74, 6) is 0.303. The third-order valence-electron chi connectivity index (χ3n) is 3.54. The molecule has 3 heterocycles. The number of carbonyl (C=O) groups is 1. The third-order valence-corrected chi connectivity index (χ3v) is 3.73. The predicted molar refractivity (Wildman–Crippen MR) is 92.8 cm³/mol. The van der Waals surface area contributed by atoms with E-state index in [2.05, 4.69) is 20.6 Å². The van der Waals surface area contributed by atoms with Crippen molar-refractivity contribution in [3.05, 3.63) is 71.8 Å². The van der Waals surface area contributed by atoms with Crippen LogP contribution in [0.4, 0.5) is 5.69 Å². The van der Waals surface area contributed by atoms with E-state index in [9.17, 15) is 4.79 Å². The zero-order valence-corrected chi connectivity index (χ0v) is 13.6. The molecule has 0 aliphatic rings. The summed E-state index contributed by atoms with van der Waals surface area (Å²) in [6.07, 6.45) is 4.82. The zero-order valence-electron chi connectivity index (χ0n) is 12.8. The van der Waals surface area contributed by atoms with Gasteiger partial charge in [-0.25, -0.2) is 4.68 Å². The number of anilines is 1. The predicted octanol–water partition coefficient (Wildman–Crippen LogP) is 3.76. The lowest BCUT2D eigenvalue weighted by Crippen LogP contribution is -2.12. The highest BCUT2D eigenvalue weighted by Crippen LogP contribution is 2.19. The number of aromatic amines is 1. The number of rotatable bonds is 4. The molecule has 0 aliphatic heterocycles. The molecular formula is C17H12ClN5O2. The fraction of sp³-hybridized carbons (Fsp3) is 0. The third kappa shape index (κ3) is 3.17. The van der Waals surface area contributed by atoms with Crippen LogP contribution in [0.25, 0.3) is 17.1 Å². The van der Waals surface area contributed by atoms with Gasteiger partial charge in [0.25, 0.3) is 5.91 Å². The second-order valence-electron chi connectivity index (χ2n) is 5.25. The summed E-state index contributed by atoms with van der Waals surface area (Å²) in [6, 6.07) is 12.4. The Morgan fingerprint density at radius 1 is 1.24 bits per heavy atom. The summed E-state index contributed by atoms with van der Waals surface area (Å²) in [5.41, 5.74) is 2.40. The quantitative estimate of drug-likeness (QED) is 0.584. The van der Waals surface area contributed by atoms with Gasteiger partial charge in [0.15, 0.2) is 11.5 Å². The van der Waals surface area contributed by atoms with Crippen LogP contribution in [0.3, 0.4) is 0 Å². The molecule has 0 saturated heterocycles. The number of aromatic nitrogens is 4. The van der Waals surface area contributed by atoms with Gasteiger partial charge < -0.3 is 9.73 Å². The standard InChI is InChI=1S/C17H12ClN5O2/c18-11-9-19-23(10-11)13-5-3-12(4-6-13)20-17(24)15-8-14(21-22-15)16-2-1-7-25-16/h1-10H,(H,20,24)(H,21,22). The number of H-pyrrole nitrogens is 1. The minimum Gasteiger partial charge on any atom is -0.463 e. The van der Waals surface area contributed by atoms with Crippen LogP contribution in [0, 0.1) is 0 Å². The number of benzene rings is 1. The Bertz CT molecular complexity index is 1000. The molecule has 2 N–H and O–H groups in total. The molecule has 1 aromatic carbocycles. The van der Waals surface area contributed by atoms with E-state index >= 15 is 0 Å². The summed E-state index contributed by atoms with van der Waals surface area (Å²) in [5, 5.41) is 14.3. The Labute approximate surface area is 147 Å². The highest BCUT2D eigenvalue weighted by atomic mass is 35.5. The molecule has 8 heteroatoms. The summed E-state index contributed by atoms with van der Waals surface area (Å²) in [7, 11) is 0. The maximum Gasteiger partial charge on any atom is 0.276 e. The molecule has 4 rings (SSSR count). The second kappa shape index (κ2) is 6.29. The van der Waals surface area contributed by atoms with E-state index in [1.54, 1.807) is 53.7 Å². The highest BCUT2D eigenvalue weighted by Gasteiger charge is 2.13. The Kier molecular flexibility index (Phi) is 3.83. The highest BCUT2D eigenvalue weighted by molar-refractivity contribution is 6.30. The number of nitrogens with one attached hydrogen (secondary N) is 2. The van der Waals surface area contributed by atoms with Crippen molar-refractivity contribution in [2.45, 2.75) is 0 Å². The monoisotopic (exact) mass is 353 g/mol. The van der Waals surface area contributed by atoms with E-state index in [1.165, 1.54) is 0 Å². The number of hydrogen-bond acceptors (Lipinski definition) is 4. The lowest BCUT2D eigenvalue weighted by Gasteiger charge is -2.05. The maximum absolute atomic E-state index is 12.3. The molecule has 0 atom stereocenters. The minimum atomic E-state index is -0.316. The molecule has 0 bridgehead atoms. The Hall–Kier alpha value is -3.32. The lowest BCUT2D eigenvalue weighted by molar-refractivity contribution is 0.102. The van der Waals surface area contributed by atoms with Crippen LogP contribution in [0.1, 0.15) is 10.5 Å². The number of hydrogen-bond donors (Lipinski definition) is 2. The molecule has 25 heavy (non-hydrogen) atoms. The normalized spacial score (nSPS) is 10.8. The fourth-order valence-electron chi connectivity index (χ4n) is 2.33. The largest absolute Gasteiger partial charge is 0.463 e. The molecule has 0 unspecified atom stereocenters.